The zero-order valence-electron chi connectivity index (χ0n) is 6.52. The Morgan fingerprint density at radius 3 is 2.69 bits per heavy atom. The average Bonchev–Trinajstić information content (AvgIpc) is 2.12. The second-order valence-electron chi connectivity index (χ2n) is 2.70. The fourth-order valence-corrected chi connectivity index (χ4v) is 2.23. The molecule has 0 fully saturated rings. The smallest absolute Gasteiger partial charge is 0.142 e. The molecule has 0 saturated carbocycles. The van der Waals surface area contributed by atoms with Gasteiger partial charge in [0.05, 0.1) is 5.02 Å². The maximum Gasteiger partial charge on any atom is 0.142 e. The summed E-state index contributed by atoms with van der Waals surface area (Å²) in [6, 6.07) is 8.71. The zero-order chi connectivity index (χ0) is 9.42. The van der Waals surface area contributed by atoms with Crippen LogP contribution in [0.1, 0.15) is 0 Å². The molecular formula is C10H5BrClF. The largest absolute Gasteiger partial charge is 0.205 e. The van der Waals surface area contributed by atoms with Gasteiger partial charge in [-0.3, -0.25) is 0 Å². The van der Waals surface area contributed by atoms with Crippen molar-refractivity contribution in [2.75, 3.05) is 0 Å². The van der Waals surface area contributed by atoms with Crippen molar-refractivity contribution in [3.05, 3.63) is 45.6 Å². The van der Waals surface area contributed by atoms with Gasteiger partial charge in [-0.2, -0.15) is 0 Å². The van der Waals surface area contributed by atoms with Crippen molar-refractivity contribution in [1.82, 2.24) is 0 Å². The lowest BCUT2D eigenvalue weighted by Gasteiger charge is -2.03. The van der Waals surface area contributed by atoms with E-state index in [1.165, 1.54) is 6.07 Å². The zero-order valence-corrected chi connectivity index (χ0v) is 8.86. The number of halogens is 3. The third-order valence-corrected chi connectivity index (χ3v) is 2.91. The Balaban J connectivity index is 2.97. The second-order valence-corrected chi connectivity index (χ2v) is 3.93. The molecule has 13 heavy (non-hydrogen) atoms. The maximum absolute atomic E-state index is 13.1. The molecular weight excluding hydrogens is 254 g/mol. The summed E-state index contributed by atoms with van der Waals surface area (Å²) in [6.07, 6.45) is 0. The Hall–Kier alpha value is -0.600. The van der Waals surface area contributed by atoms with Crippen LogP contribution in [0.25, 0.3) is 10.8 Å². The molecule has 0 heterocycles. The molecule has 0 atom stereocenters. The van der Waals surface area contributed by atoms with Gasteiger partial charge in [0.1, 0.15) is 5.82 Å². The Morgan fingerprint density at radius 2 is 1.92 bits per heavy atom. The quantitative estimate of drug-likeness (QED) is 0.658. The van der Waals surface area contributed by atoms with Crippen LogP contribution in [0.3, 0.4) is 0 Å². The van der Waals surface area contributed by atoms with Gasteiger partial charge < -0.3 is 0 Å². The second kappa shape index (κ2) is 3.28. The van der Waals surface area contributed by atoms with E-state index in [1.54, 1.807) is 6.07 Å². The van der Waals surface area contributed by atoms with E-state index < -0.39 is 0 Å². The highest BCUT2D eigenvalue weighted by molar-refractivity contribution is 9.10. The van der Waals surface area contributed by atoms with Crippen LogP contribution in [0.5, 0.6) is 0 Å². The highest BCUT2D eigenvalue weighted by Gasteiger charge is 2.06. The topological polar surface area (TPSA) is 0 Å². The van der Waals surface area contributed by atoms with Crippen molar-refractivity contribution in [3.63, 3.8) is 0 Å². The molecule has 0 unspecified atom stereocenters. The van der Waals surface area contributed by atoms with Gasteiger partial charge >= 0.3 is 0 Å². The van der Waals surface area contributed by atoms with E-state index >= 15 is 0 Å². The highest BCUT2D eigenvalue weighted by Crippen LogP contribution is 2.32. The highest BCUT2D eigenvalue weighted by atomic mass is 79.9. The van der Waals surface area contributed by atoms with Gasteiger partial charge in [0, 0.05) is 9.86 Å². The molecule has 2 rings (SSSR count). The summed E-state index contributed by atoms with van der Waals surface area (Å²) in [5.74, 6) is -0.388. The Morgan fingerprint density at radius 1 is 1.15 bits per heavy atom. The van der Waals surface area contributed by atoms with Gasteiger partial charge in [0.2, 0.25) is 0 Å². The molecule has 0 aliphatic rings. The first kappa shape index (κ1) is 8.97. The molecule has 3 heteroatoms. The van der Waals surface area contributed by atoms with Crippen LogP contribution in [0.15, 0.2) is 34.8 Å². The maximum atomic E-state index is 13.1. The molecule has 0 radical (unpaired) electrons. The molecule has 0 saturated heterocycles. The summed E-state index contributed by atoms with van der Waals surface area (Å²) in [5.41, 5.74) is 0. The van der Waals surface area contributed by atoms with Gasteiger partial charge in [-0.25, -0.2) is 4.39 Å². The fraction of sp³-hybridized carbons (Fsp3) is 0. The van der Waals surface area contributed by atoms with Crippen LogP contribution in [0, 0.1) is 5.82 Å². The average molecular weight is 260 g/mol. The van der Waals surface area contributed by atoms with Crippen LogP contribution in [-0.4, -0.2) is 0 Å². The number of benzene rings is 2. The first-order chi connectivity index (χ1) is 6.20. The van der Waals surface area contributed by atoms with E-state index in [0.29, 0.717) is 0 Å². The first-order valence-electron chi connectivity index (χ1n) is 3.72. The normalized spacial score (nSPS) is 10.7. The van der Waals surface area contributed by atoms with Crippen LogP contribution in [0.2, 0.25) is 5.02 Å². The van der Waals surface area contributed by atoms with Crippen LogP contribution >= 0.6 is 27.5 Å². The molecule has 0 aromatic heterocycles. The molecule has 0 aliphatic heterocycles. The molecule has 0 bridgehead atoms. The minimum absolute atomic E-state index is 0.171. The summed E-state index contributed by atoms with van der Waals surface area (Å²) in [5, 5.41) is 1.83. The molecule has 0 spiro atoms. The molecule has 2 aromatic rings. The number of hydrogen-bond donors (Lipinski definition) is 0. The lowest BCUT2D eigenvalue weighted by Crippen LogP contribution is -1.80. The minimum Gasteiger partial charge on any atom is -0.205 e. The minimum atomic E-state index is -0.388. The lowest BCUT2D eigenvalue weighted by atomic mass is 10.1. The Labute approximate surface area is 88.4 Å². The monoisotopic (exact) mass is 258 g/mol. The van der Waals surface area contributed by atoms with E-state index in [2.05, 4.69) is 15.9 Å². The lowest BCUT2D eigenvalue weighted by molar-refractivity contribution is 0.630. The van der Waals surface area contributed by atoms with Crippen molar-refractivity contribution < 1.29 is 4.39 Å². The number of rotatable bonds is 0. The number of hydrogen-bond acceptors (Lipinski definition) is 0. The van der Waals surface area contributed by atoms with Gasteiger partial charge in [0.15, 0.2) is 0 Å². The van der Waals surface area contributed by atoms with Gasteiger partial charge in [0.25, 0.3) is 0 Å². The van der Waals surface area contributed by atoms with Crippen molar-refractivity contribution in [2.24, 2.45) is 0 Å². The Kier molecular flexibility index (Phi) is 2.26. The van der Waals surface area contributed by atoms with Crippen LogP contribution in [-0.2, 0) is 0 Å². The standard InChI is InChI=1S/C10H5BrClF/c11-7-3-1-2-6-4-5-8(13)10(12)9(6)7/h1-5H. The SMILES string of the molecule is Fc1ccc2cccc(Br)c2c1Cl. The predicted octanol–water partition coefficient (Wildman–Crippen LogP) is 4.39. The van der Waals surface area contributed by atoms with Gasteiger partial charge in [-0.1, -0.05) is 45.7 Å². The molecule has 0 N–H and O–H groups in total. The molecule has 66 valence electrons. The summed E-state index contributed by atoms with van der Waals surface area (Å²) in [7, 11) is 0. The van der Waals surface area contributed by atoms with E-state index in [1.807, 2.05) is 18.2 Å². The van der Waals surface area contributed by atoms with E-state index in [-0.39, 0.29) is 10.8 Å². The molecule has 0 amide bonds. The summed E-state index contributed by atoms with van der Waals surface area (Å²) >= 11 is 9.16. The third kappa shape index (κ3) is 1.45. The predicted molar refractivity (Wildman–Crippen MR) is 56.6 cm³/mol. The van der Waals surface area contributed by atoms with Crippen LogP contribution in [0.4, 0.5) is 4.39 Å². The van der Waals surface area contributed by atoms with Crippen molar-refractivity contribution in [2.45, 2.75) is 0 Å². The van der Waals surface area contributed by atoms with E-state index in [4.69, 9.17) is 11.6 Å². The molecule has 0 aliphatic carbocycles. The Bertz CT molecular complexity index is 468. The third-order valence-electron chi connectivity index (χ3n) is 1.88. The number of fused-ring (bicyclic) bond motifs is 1. The summed E-state index contributed by atoms with van der Waals surface area (Å²) in [4.78, 5) is 0. The summed E-state index contributed by atoms with van der Waals surface area (Å²) in [6.45, 7) is 0. The van der Waals surface area contributed by atoms with Crippen molar-refractivity contribution >= 4 is 38.3 Å². The van der Waals surface area contributed by atoms with Crippen molar-refractivity contribution in [1.29, 1.82) is 0 Å². The van der Waals surface area contributed by atoms with Crippen molar-refractivity contribution in [3.8, 4) is 0 Å². The van der Waals surface area contributed by atoms with Gasteiger partial charge in [-0.05, 0) is 17.5 Å². The van der Waals surface area contributed by atoms with Gasteiger partial charge in [-0.15, -0.1) is 0 Å². The fourth-order valence-electron chi connectivity index (χ4n) is 1.27. The summed E-state index contributed by atoms with van der Waals surface area (Å²) < 4.78 is 13.9. The molecule has 2 aromatic carbocycles. The first-order valence-corrected chi connectivity index (χ1v) is 4.89. The van der Waals surface area contributed by atoms with E-state index in [9.17, 15) is 4.39 Å². The van der Waals surface area contributed by atoms with Crippen LogP contribution < -0.4 is 0 Å². The molecule has 0 nitrogen and oxygen atoms in total. The van der Waals surface area contributed by atoms with E-state index in [0.717, 1.165) is 15.2 Å².